The van der Waals surface area contributed by atoms with E-state index in [1.165, 1.54) is 0 Å². The summed E-state index contributed by atoms with van der Waals surface area (Å²) in [5.74, 6) is -0.159. The van der Waals surface area contributed by atoms with Gasteiger partial charge in [-0.15, -0.1) is 12.4 Å². The van der Waals surface area contributed by atoms with Gasteiger partial charge in [0.05, 0.1) is 25.2 Å². The fraction of sp³-hybridized carbons (Fsp3) is 0.500. The number of amides is 1. The van der Waals surface area contributed by atoms with Crippen LogP contribution in [0.15, 0.2) is 18.2 Å². The Balaban J connectivity index is 0.00000242. The lowest BCUT2D eigenvalue weighted by molar-refractivity contribution is -0.124. The summed E-state index contributed by atoms with van der Waals surface area (Å²) in [4.78, 5) is 11.8. The van der Waals surface area contributed by atoms with Crippen molar-refractivity contribution in [1.29, 1.82) is 0 Å². The number of rotatable bonds is 5. The zero-order valence-corrected chi connectivity index (χ0v) is 14.2. The molecule has 0 aliphatic carbocycles. The molecule has 2 atom stereocenters. The number of benzene rings is 1. The van der Waals surface area contributed by atoms with Crippen molar-refractivity contribution in [3.8, 4) is 0 Å². The van der Waals surface area contributed by atoms with Crippen LogP contribution >= 0.6 is 35.6 Å². The Labute approximate surface area is 145 Å². The quantitative estimate of drug-likeness (QED) is 0.742. The van der Waals surface area contributed by atoms with Gasteiger partial charge in [-0.1, -0.05) is 29.3 Å². The van der Waals surface area contributed by atoms with Gasteiger partial charge in [0.1, 0.15) is 0 Å². The number of nitrogens with one attached hydrogen (secondary N) is 2. The molecule has 124 valence electrons. The van der Waals surface area contributed by atoms with E-state index in [-0.39, 0.29) is 37.4 Å². The van der Waals surface area contributed by atoms with Crippen molar-refractivity contribution in [3.05, 3.63) is 33.8 Å². The topological polar surface area (TPSA) is 70.6 Å². The molecule has 0 saturated carbocycles. The molecule has 3 N–H and O–H groups in total. The SMILES string of the molecule is Cl.O=C(CC1CNCCO1)NCC(O)c1ccc(Cl)cc1Cl. The number of hydrogen-bond acceptors (Lipinski definition) is 4. The molecule has 22 heavy (non-hydrogen) atoms. The number of morpholine rings is 1. The van der Waals surface area contributed by atoms with Crippen LogP contribution < -0.4 is 10.6 Å². The van der Waals surface area contributed by atoms with E-state index in [1.54, 1.807) is 18.2 Å². The predicted molar refractivity (Wildman–Crippen MR) is 88.9 cm³/mol. The zero-order chi connectivity index (χ0) is 15.2. The first kappa shape index (κ1) is 19.5. The highest BCUT2D eigenvalue weighted by Gasteiger charge is 2.18. The van der Waals surface area contributed by atoms with Gasteiger partial charge in [-0.25, -0.2) is 0 Å². The molecule has 0 bridgehead atoms. The van der Waals surface area contributed by atoms with Gasteiger partial charge in [0.2, 0.25) is 5.91 Å². The van der Waals surface area contributed by atoms with Crippen LogP contribution in [0.1, 0.15) is 18.1 Å². The minimum atomic E-state index is -0.871. The van der Waals surface area contributed by atoms with Crippen molar-refractivity contribution in [1.82, 2.24) is 10.6 Å². The Bertz CT molecular complexity index is 496. The fourth-order valence-corrected chi connectivity index (χ4v) is 2.66. The van der Waals surface area contributed by atoms with Crippen LogP contribution in [0.2, 0.25) is 10.0 Å². The molecule has 1 aliphatic rings. The first-order valence-electron chi connectivity index (χ1n) is 6.78. The van der Waals surface area contributed by atoms with Crippen LogP contribution in [0.25, 0.3) is 0 Å². The Hall–Kier alpha value is -0.560. The minimum absolute atomic E-state index is 0. The van der Waals surface area contributed by atoms with Crippen LogP contribution in [0.5, 0.6) is 0 Å². The molecule has 1 aromatic rings. The minimum Gasteiger partial charge on any atom is -0.387 e. The van der Waals surface area contributed by atoms with Crippen molar-refractivity contribution in [2.75, 3.05) is 26.2 Å². The molecule has 0 aromatic heterocycles. The lowest BCUT2D eigenvalue weighted by atomic mass is 10.1. The molecule has 5 nitrogen and oxygen atoms in total. The van der Waals surface area contributed by atoms with Gasteiger partial charge < -0.3 is 20.5 Å². The number of carbonyl (C=O) groups is 1. The molecule has 2 unspecified atom stereocenters. The van der Waals surface area contributed by atoms with Crippen LogP contribution in [-0.2, 0) is 9.53 Å². The third-order valence-electron chi connectivity index (χ3n) is 3.23. The summed E-state index contributed by atoms with van der Waals surface area (Å²) in [6, 6.07) is 4.86. The zero-order valence-electron chi connectivity index (χ0n) is 11.9. The highest BCUT2D eigenvalue weighted by atomic mass is 35.5. The Morgan fingerprint density at radius 3 is 2.91 bits per heavy atom. The van der Waals surface area contributed by atoms with Gasteiger partial charge in [-0.2, -0.15) is 0 Å². The summed E-state index contributed by atoms with van der Waals surface area (Å²) in [7, 11) is 0. The highest BCUT2D eigenvalue weighted by Crippen LogP contribution is 2.25. The summed E-state index contributed by atoms with van der Waals surface area (Å²) in [5, 5.41) is 16.8. The Kier molecular flexibility index (Phi) is 8.46. The lowest BCUT2D eigenvalue weighted by Crippen LogP contribution is -2.41. The van der Waals surface area contributed by atoms with Crippen LogP contribution in [-0.4, -0.2) is 43.4 Å². The lowest BCUT2D eigenvalue weighted by Gasteiger charge is -2.23. The third-order valence-corrected chi connectivity index (χ3v) is 3.79. The summed E-state index contributed by atoms with van der Waals surface area (Å²) in [5.41, 5.74) is 0.539. The first-order chi connectivity index (χ1) is 10.1. The molecule has 1 fully saturated rings. The molecule has 0 spiro atoms. The normalized spacial score (nSPS) is 19.1. The summed E-state index contributed by atoms with van der Waals surface area (Å²) < 4.78 is 5.45. The van der Waals surface area contributed by atoms with Crippen molar-refractivity contribution in [2.24, 2.45) is 0 Å². The van der Waals surface area contributed by atoms with Crippen molar-refractivity contribution in [3.63, 3.8) is 0 Å². The number of aliphatic hydroxyl groups excluding tert-OH is 1. The molecule has 1 saturated heterocycles. The summed E-state index contributed by atoms with van der Waals surface area (Å²) in [6.07, 6.45) is -0.715. The van der Waals surface area contributed by atoms with Gasteiger partial charge in [-0.05, 0) is 12.1 Å². The van der Waals surface area contributed by atoms with E-state index >= 15 is 0 Å². The standard InChI is InChI=1S/C14H18Cl2N2O3.ClH/c15-9-1-2-11(12(16)5-9)13(19)8-18-14(20)6-10-7-17-3-4-21-10;/h1-2,5,10,13,17,19H,3-4,6-8H2,(H,18,20);1H. The van der Waals surface area contributed by atoms with E-state index in [1.807, 2.05) is 0 Å². The van der Waals surface area contributed by atoms with Crippen LogP contribution in [0.3, 0.4) is 0 Å². The van der Waals surface area contributed by atoms with E-state index in [4.69, 9.17) is 27.9 Å². The van der Waals surface area contributed by atoms with Gasteiger partial charge in [0, 0.05) is 35.2 Å². The van der Waals surface area contributed by atoms with E-state index in [0.29, 0.717) is 28.8 Å². The molecule has 1 amide bonds. The maximum atomic E-state index is 11.8. The molecule has 1 aliphatic heterocycles. The van der Waals surface area contributed by atoms with Gasteiger partial charge >= 0.3 is 0 Å². The van der Waals surface area contributed by atoms with Crippen molar-refractivity contribution in [2.45, 2.75) is 18.6 Å². The second-order valence-corrected chi connectivity index (χ2v) is 5.73. The predicted octanol–water partition coefficient (Wildman–Crippen LogP) is 1.94. The van der Waals surface area contributed by atoms with Crippen LogP contribution in [0.4, 0.5) is 0 Å². The average molecular weight is 370 g/mol. The number of hydrogen-bond donors (Lipinski definition) is 3. The smallest absolute Gasteiger partial charge is 0.222 e. The Morgan fingerprint density at radius 2 is 2.27 bits per heavy atom. The Morgan fingerprint density at radius 1 is 1.50 bits per heavy atom. The second-order valence-electron chi connectivity index (χ2n) is 4.89. The number of ether oxygens (including phenoxy) is 1. The maximum Gasteiger partial charge on any atom is 0.222 e. The number of aliphatic hydroxyl groups is 1. The van der Waals surface area contributed by atoms with Gasteiger partial charge in [0.25, 0.3) is 0 Å². The maximum absolute atomic E-state index is 11.8. The van der Waals surface area contributed by atoms with Crippen molar-refractivity contribution >= 4 is 41.5 Å². The van der Waals surface area contributed by atoms with Gasteiger partial charge in [-0.3, -0.25) is 4.79 Å². The van der Waals surface area contributed by atoms with Crippen molar-refractivity contribution < 1.29 is 14.6 Å². The molecule has 1 aromatic carbocycles. The van der Waals surface area contributed by atoms with E-state index in [0.717, 1.165) is 6.54 Å². The van der Waals surface area contributed by atoms with E-state index in [9.17, 15) is 9.90 Å². The number of halogens is 3. The van der Waals surface area contributed by atoms with E-state index < -0.39 is 6.10 Å². The average Bonchev–Trinajstić information content (AvgIpc) is 2.46. The first-order valence-corrected chi connectivity index (χ1v) is 7.54. The second kappa shape index (κ2) is 9.55. The molecule has 2 rings (SSSR count). The third kappa shape index (κ3) is 5.91. The highest BCUT2D eigenvalue weighted by molar-refractivity contribution is 6.35. The summed E-state index contributed by atoms with van der Waals surface area (Å²) in [6.45, 7) is 2.19. The number of carbonyl (C=O) groups excluding carboxylic acids is 1. The molecular weight excluding hydrogens is 351 g/mol. The van der Waals surface area contributed by atoms with Crippen LogP contribution in [0, 0.1) is 0 Å². The molecular formula is C14H19Cl3N2O3. The van der Waals surface area contributed by atoms with Gasteiger partial charge in [0.15, 0.2) is 0 Å². The van der Waals surface area contributed by atoms with E-state index in [2.05, 4.69) is 10.6 Å². The monoisotopic (exact) mass is 368 g/mol. The largest absolute Gasteiger partial charge is 0.387 e. The summed E-state index contributed by atoms with van der Waals surface area (Å²) >= 11 is 11.8. The molecule has 8 heteroatoms. The molecule has 0 radical (unpaired) electrons. The fourth-order valence-electron chi connectivity index (χ4n) is 2.12. The molecule has 1 heterocycles.